The summed E-state index contributed by atoms with van der Waals surface area (Å²) in [4.78, 5) is 12.5. The Bertz CT molecular complexity index is 1070. The molecule has 0 spiro atoms. The first-order valence-corrected chi connectivity index (χ1v) is 22.2. The summed E-state index contributed by atoms with van der Waals surface area (Å²) in [6, 6.07) is -0.998. The summed E-state index contributed by atoms with van der Waals surface area (Å²) < 4.78 is 32.5. The number of unbranched alkanes of at least 4 members (excludes halogenated alkanes) is 16. The number of rotatable bonds is 36. The van der Waals surface area contributed by atoms with Gasteiger partial charge in [-0.2, -0.15) is 8.42 Å². The Kier molecular flexibility index (Phi) is 35.9. The van der Waals surface area contributed by atoms with Crippen molar-refractivity contribution in [3.05, 3.63) is 72.9 Å². The van der Waals surface area contributed by atoms with Gasteiger partial charge >= 0.3 is 0 Å². The van der Waals surface area contributed by atoms with E-state index in [0.29, 0.717) is 12.8 Å². The summed E-state index contributed by atoms with van der Waals surface area (Å²) in [6.07, 6.45) is 52.8. The lowest BCUT2D eigenvalue weighted by Crippen LogP contribution is -2.47. The van der Waals surface area contributed by atoms with Crippen LogP contribution in [0.1, 0.15) is 181 Å². The van der Waals surface area contributed by atoms with E-state index in [1.54, 1.807) is 0 Å². The zero-order valence-electron chi connectivity index (χ0n) is 32.7. The first kappa shape index (κ1) is 48.8. The number of allylic oxidation sites excluding steroid dienone is 12. The molecule has 51 heavy (non-hydrogen) atoms. The van der Waals surface area contributed by atoms with Crippen molar-refractivity contribution in [1.29, 1.82) is 0 Å². The number of carbonyl (C=O) groups is 1. The highest BCUT2D eigenvalue weighted by Crippen LogP contribution is 2.15. The van der Waals surface area contributed by atoms with Crippen molar-refractivity contribution < 1.29 is 22.9 Å². The second kappa shape index (κ2) is 37.5. The summed E-state index contributed by atoms with van der Waals surface area (Å²) in [5, 5.41) is 13.3. The topological polar surface area (TPSA) is 104 Å². The van der Waals surface area contributed by atoms with E-state index in [1.165, 1.54) is 77.0 Å². The fourth-order valence-electron chi connectivity index (χ4n) is 5.87. The molecule has 0 bridgehead atoms. The molecule has 0 heterocycles. The third-order valence-electron chi connectivity index (χ3n) is 8.93. The first-order valence-electron chi connectivity index (χ1n) is 20.6. The van der Waals surface area contributed by atoms with Gasteiger partial charge in [0.2, 0.25) is 5.91 Å². The lowest BCUT2D eigenvalue weighted by atomic mass is 10.0. The Morgan fingerprint density at radius 3 is 1.35 bits per heavy atom. The lowest BCUT2D eigenvalue weighted by Gasteiger charge is -2.23. The van der Waals surface area contributed by atoms with Crippen molar-refractivity contribution >= 4 is 16.0 Å². The van der Waals surface area contributed by atoms with Gasteiger partial charge in [-0.1, -0.05) is 183 Å². The summed E-state index contributed by atoms with van der Waals surface area (Å²) in [6.45, 7) is 4.40. The van der Waals surface area contributed by atoms with Gasteiger partial charge in [-0.25, -0.2) is 0 Å². The van der Waals surface area contributed by atoms with Crippen LogP contribution >= 0.6 is 0 Å². The highest BCUT2D eigenvalue weighted by molar-refractivity contribution is 7.85. The average Bonchev–Trinajstić information content (AvgIpc) is 3.09. The number of nitrogens with one attached hydrogen (secondary N) is 1. The maximum absolute atomic E-state index is 12.5. The molecule has 2 atom stereocenters. The summed E-state index contributed by atoms with van der Waals surface area (Å²) in [7, 11) is -4.33. The van der Waals surface area contributed by atoms with Crippen molar-refractivity contribution in [2.45, 2.75) is 193 Å². The van der Waals surface area contributed by atoms with Gasteiger partial charge in [0.05, 0.1) is 17.9 Å². The van der Waals surface area contributed by atoms with E-state index in [9.17, 15) is 22.9 Å². The lowest BCUT2D eigenvalue weighted by molar-refractivity contribution is -0.122. The molecule has 0 rings (SSSR count). The van der Waals surface area contributed by atoms with Crippen LogP contribution in [0.2, 0.25) is 0 Å². The van der Waals surface area contributed by atoms with Crippen LogP contribution in [0.4, 0.5) is 0 Å². The van der Waals surface area contributed by atoms with Crippen LogP contribution in [0.5, 0.6) is 0 Å². The van der Waals surface area contributed by atoms with Crippen LogP contribution in [-0.2, 0) is 14.9 Å². The maximum atomic E-state index is 12.5. The molecule has 0 aromatic rings. The third-order valence-corrected chi connectivity index (χ3v) is 9.71. The number of amides is 1. The zero-order valence-corrected chi connectivity index (χ0v) is 33.5. The van der Waals surface area contributed by atoms with Crippen LogP contribution in [0.3, 0.4) is 0 Å². The molecule has 0 aliphatic heterocycles. The molecule has 7 heteroatoms. The van der Waals surface area contributed by atoms with Crippen molar-refractivity contribution in [2.75, 3.05) is 5.75 Å². The SMILES string of the molecule is CC/C=C\C/C=C\C/C=C\C/C=C\C/C=C\C/C=C\CCCCC(=O)NC(CS(=O)(=O)O)C(O)CCCCCCCCCCCCCCCCC. The molecule has 0 aromatic carbocycles. The quantitative estimate of drug-likeness (QED) is 0.0338. The number of carbonyl (C=O) groups excluding carboxylic acids is 1. The van der Waals surface area contributed by atoms with E-state index in [4.69, 9.17) is 0 Å². The van der Waals surface area contributed by atoms with E-state index in [-0.39, 0.29) is 12.3 Å². The average molecular weight is 732 g/mol. The molecule has 294 valence electrons. The minimum Gasteiger partial charge on any atom is -0.391 e. The predicted molar refractivity (Wildman–Crippen MR) is 221 cm³/mol. The summed E-state index contributed by atoms with van der Waals surface area (Å²) in [5.74, 6) is -0.959. The van der Waals surface area contributed by atoms with E-state index >= 15 is 0 Å². The van der Waals surface area contributed by atoms with Crippen molar-refractivity contribution in [1.82, 2.24) is 5.32 Å². The molecule has 0 saturated heterocycles. The summed E-state index contributed by atoms with van der Waals surface area (Å²) >= 11 is 0. The Labute approximate surface area is 314 Å². The Morgan fingerprint density at radius 1 is 0.549 bits per heavy atom. The van der Waals surface area contributed by atoms with Crippen molar-refractivity contribution in [3.63, 3.8) is 0 Å². The highest BCUT2D eigenvalue weighted by atomic mass is 32.2. The fraction of sp³-hybridized carbons (Fsp3) is 0.705. The molecule has 6 nitrogen and oxygen atoms in total. The molecule has 0 aliphatic rings. The van der Waals surface area contributed by atoms with Crippen LogP contribution in [0.15, 0.2) is 72.9 Å². The second-order valence-corrected chi connectivity index (χ2v) is 15.4. The molecule has 0 fully saturated rings. The van der Waals surface area contributed by atoms with Crippen LogP contribution in [0.25, 0.3) is 0 Å². The zero-order chi connectivity index (χ0) is 37.5. The van der Waals surface area contributed by atoms with Crippen LogP contribution in [-0.4, -0.2) is 41.9 Å². The van der Waals surface area contributed by atoms with Gasteiger partial charge in [-0.05, 0) is 64.2 Å². The van der Waals surface area contributed by atoms with Crippen molar-refractivity contribution in [2.24, 2.45) is 0 Å². The monoisotopic (exact) mass is 732 g/mol. The van der Waals surface area contributed by atoms with Gasteiger partial charge < -0.3 is 10.4 Å². The normalized spacial score (nSPS) is 14.0. The van der Waals surface area contributed by atoms with Gasteiger partial charge in [0.25, 0.3) is 10.1 Å². The first-order chi connectivity index (χ1) is 24.8. The fourth-order valence-corrected chi connectivity index (χ4v) is 6.63. The minimum atomic E-state index is -4.33. The molecule has 2 unspecified atom stereocenters. The van der Waals surface area contributed by atoms with Crippen LogP contribution in [0, 0.1) is 0 Å². The smallest absolute Gasteiger partial charge is 0.266 e. The molecule has 0 aromatic heterocycles. The summed E-state index contributed by atoms with van der Waals surface area (Å²) in [5.41, 5.74) is 0. The molecule has 3 N–H and O–H groups in total. The molecule has 0 aliphatic carbocycles. The largest absolute Gasteiger partial charge is 0.391 e. The number of aliphatic hydroxyl groups is 1. The van der Waals surface area contributed by atoms with E-state index in [0.717, 1.165) is 70.6 Å². The van der Waals surface area contributed by atoms with E-state index < -0.39 is 28.0 Å². The number of aliphatic hydroxyl groups excluding tert-OH is 1. The van der Waals surface area contributed by atoms with Gasteiger partial charge in [0.15, 0.2) is 0 Å². The Morgan fingerprint density at radius 2 is 0.941 bits per heavy atom. The number of hydrogen-bond donors (Lipinski definition) is 3. The van der Waals surface area contributed by atoms with Gasteiger partial charge in [0, 0.05) is 6.42 Å². The standard InChI is InChI=1S/C44H77NO5S/c1-3-5-7-9-11-13-15-17-19-20-21-22-23-24-26-28-30-32-34-36-38-40-44(47)45-42(41-51(48,49)50)43(46)39-37-35-33-31-29-27-25-18-16-14-12-10-8-6-4-2/h5,7,11,13,17,19,21-22,24,26,30,32,42-43,46H,3-4,6,8-10,12,14-16,18,20,23,25,27-29,31,33-41H2,1-2H3,(H,45,47)(H,48,49,50)/b7-5-,13-11-,19-17-,22-21-,26-24-,32-30-. The molecular formula is C44H77NO5S. The molecular weight excluding hydrogens is 655 g/mol. The van der Waals surface area contributed by atoms with Crippen LogP contribution < -0.4 is 5.32 Å². The molecule has 1 amide bonds. The van der Waals surface area contributed by atoms with Crippen molar-refractivity contribution in [3.8, 4) is 0 Å². The number of hydrogen-bond acceptors (Lipinski definition) is 4. The maximum Gasteiger partial charge on any atom is 0.266 e. The molecule has 0 radical (unpaired) electrons. The Hall–Kier alpha value is -2.22. The highest BCUT2D eigenvalue weighted by Gasteiger charge is 2.26. The van der Waals surface area contributed by atoms with Gasteiger partial charge in [-0.3, -0.25) is 9.35 Å². The van der Waals surface area contributed by atoms with E-state index in [1.807, 2.05) is 0 Å². The van der Waals surface area contributed by atoms with E-state index in [2.05, 4.69) is 92.1 Å². The third kappa shape index (κ3) is 38.8. The minimum absolute atomic E-state index is 0.260. The molecule has 0 saturated carbocycles. The Balaban J connectivity index is 4.00. The second-order valence-electron chi connectivity index (χ2n) is 13.9. The predicted octanol–water partition coefficient (Wildman–Crippen LogP) is 12.2. The van der Waals surface area contributed by atoms with Gasteiger partial charge in [0.1, 0.15) is 0 Å². The van der Waals surface area contributed by atoms with Gasteiger partial charge in [-0.15, -0.1) is 0 Å².